The first-order chi connectivity index (χ1) is 11.8. The van der Waals surface area contributed by atoms with E-state index in [9.17, 15) is 22.4 Å². The van der Waals surface area contributed by atoms with Gasteiger partial charge in [0.25, 0.3) is 5.91 Å². The molecule has 0 radical (unpaired) electrons. The Bertz CT molecular complexity index is 918. The molecule has 0 unspecified atom stereocenters. The van der Waals surface area contributed by atoms with E-state index in [2.05, 4.69) is 10.3 Å². The molecule has 3 rings (SSSR count). The molecule has 3 aromatic rings. The normalized spacial score (nSPS) is 11.7. The minimum absolute atomic E-state index is 0.0627. The van der Waals surface area contributed by atoms with Crippen molar-refractivity contribution >= 4 is 11.6 Å². The number of alkyl halides is 3. The van der Waals surface area contributed by atoms with Crippen molar-refractivity contribution in [2.45, 2.75) is 12.6 Å². The van der Waals surface area contributed by atoms with E-state index < -0.39 is 23.5 Å². The number of benzene rings is 1. The summed E-state index contributed by atoms with van der Waals surface area (Å²) in [4.78, 5) is 16.1. The van der Waals surface area contributed by atoms with Gasteiger partial charge in [0.2, 0.25) is 0 Å². The van der Waals surface area contributed by atoms with E-state index in [1.807, 2.05) is 0 Å². The predicted molar refractivity (Wildman–Crippen MR) is 82.6 cm³/mol. The number of halogens is 4. The van der Waals surface area contributed by atoms with Crippen molar-refractivity contribution in [3.8, 4) is 0 Å². The lowest BCUT2D eigenvalue weighted by Gasteiger charge is -2.05. The molecule has 2 heterocycles. The maximum atomic E-state index is 13.5. The fraction of sp³-hybridized carbons (Fsp3) is 0.176. The molecule has 1 amide bonds. The van der Waals surface area contributed by atoms with Crippen LogP contribution in [0.3, 0.4) is 0 Å². The van der Waals surface area contributed by atoms with Crippen LogP contribution in [0.2, 0.25) is 0 Å². The summed E-state index contributed by atoms with van der Waals surface area (Å²) < 4.78 is 52.9. The molecule has 1 aromatic carbocycles. The average molecular weight is 351 g/mol. The molecule has 25 heavy (non-hydrogen) atoms. The highest BCUT2D eigenvalue weighted by Crippen LogP contribution is 2.29. The summed E-state index contributed by atoms with van der Waals surface area (Å²) in [6.07, 6.45) is -1.68. The van der Waals surface area contributed by atoms with Crippen molar-refractivity contribution in [2.75, 3.05) is 6.54 Å². The quantitative estimate of drug-likeness (QED) is 0.732. The van der Waals surface area contributed by atoms with E-state index in [-0.39, 0.29) is 12.1 Å². The van der Waals surface area contributed by atoms with Gasteiger partial charge in [-0.1, -0.05) is 12.1 Å². The number of carbonyl (C=O) groups excluding carboxylic acids is 1. The van der Waals surface area contributed by atoms with Crippen LogP contribution in [0.5, 0.6) is 0 Å². The lowest BCUT2D eigenvalue weighted by molar-refractivity contribution is -0.137. The minimum atomic E-state index is -4.42. The Morgan fingerprint density at radius 2 is 1.88 bits per heavy atom. The largest absolute Gasteiger partial charge is 0.417 e. The Hall–Kier alpha value is -2.90. The van der Waals surface area contributed by atoms with Crippen LogP contribution in [0.25, 0.3) is 5.65 Å². The number of amides is 1. The fourth-order valence-corrected chi connectivity index (χ4v) is 2.38. The van der Waals surface area contributed by atoms with Crippen molar-refractivity contribution in [1.82, 2.24) is 14.7 Å². The maximum Gasteiger partial charge on any atom is 0.417 e. The van der Waals surface area contributed by atoms with Crippen LogP contribution in [0.1, 0.15) is 21.6 Å². The average Bonchev–Trinajstić information content (AvgIpc) is 2.96. The maximum absolute atomic E-state index is 13.5. The number of hydrogen-bond donors (Lipinski definition) is 1. The molecule has 2 aromatic heterocycles. The van der Waals surface area contributed by atoms with Crippen molar-refractivity contribution in [3.05, 3.63) is 71.4 Å². The van der Waals surface area contributed by atoms with Crippen molar-refractivity contribution in [2.24, 2.45) is 0 Å². The van der Waals surface area contributed by atoms with Crippen LogP contribution in [0.4, 0.5) is 17.6 Å². The number of rotatable bonds is 4. The molecule has 0 bridgehead atoms. The van der Waals surface area contributed by atoms with Gasteiger partial charge in [0.1, 0.15) is 11.5 Å². The summed E-state index contributed by atoms with van der Waals surface area (Å²) in [6.45, 7) is 0.184. The molecule has 0 spiro atoms. The van der Waals surface area contributed by atoms with Crippen LogP contribution in [-0.4, -0.2) is 21.8 Å². The third-order valence-electron chi connectivity index (χ3n) is 3.61. The molecule has 8 heteroatoms. The number of hydrogen-bond acceptors (Lipinski definition) is 2. The number of carbonyl (C=O) groups is 1. The number of imidazole rings is 1. The Morgan fingerprint density at radius 1 is 1.12 bits per heavy atom. The van der Waals surface area contributed by atoms with E-state index in [0.717, 1.165) is 12.3 Å². The highest BCUT2D eigenvalue weighted by Gasteiger charge is 2.30. The highest BCUT2D eigenvalue weighted by atomic mass is 19.4. The number of nitrogens with one attached hydrogen (secondary N) is 1. The molecule has 0 aliphatic heterocycles. The van der Waals surface area contributed by atoms with Crippen molar-refractivity contribution in [1.29, 1.82) is 0 Å². The summed E-state index contributed by atoms with van der Waals surface area (Å²) in [5.41, 5.74) is 0.0701. The Kier molecular flexibility index (Phi) is 4.43. The number of nitrogens with zero attached hydrogens (tertiary/aromatic N) is 2. The predicted octanol–water partition coefficient (Wildman–Crippen LogP) is 3.46. The first kappa shape index (κ1) is 16.9. The molecular formula is C17H13F4N3O. The minimum Gasteiger partial charge on any atom is -0.352 e. The van der Waals surface area contributed by atoms with E-state index in [4.69, 9.17) is 0 Å². The van der Waals surface area contributed by atoms with Crippen LogP contribution < -0.4 is 5.32 Å². The van der Waals surface area contributed by atoms with Crippen LogP contribution in [-0.2, 0) is 12.6 Å². The molecule has 130 valence electrons. The van der Waals surface area contributed by atoms with E-state index in [1.54, 1.807) is 6.07 Å². The summed E-state index contributed by atoms with van der Waals surface area (Å²) in [7, 11) is 0. The van der Waals surface area contributed by atoms with Gasteiger partial charge >= 0.3 is 6.18 Å². The molecule has 0 atom stereocenters. The zero-order valence-electron chi connectivity index (χ0n) is 12.8. The lowest BCUT2D eigenvalue weighted by Crippen LogP contribution is -2.26. The van der Waals surface area contributed by atoms with Crippen LogP contribution >= 0.6 is 0 Å². The SMILES string of the molecule is O=C(NCCc1cn2cc(C(F)(F)F)ccc2n1)c1ccccc1F. The van der Waals surface area contributed by atoms with Crippen LogP contribution in [0.15, 0.2) is 48.8 Å². The van der Waals surface area contributed by atoms with Gasteiger partial charge in [-0.2, -0.15) is 13.2 Å². The van der Waals surface area contributed by atoms with Gasteiger partial charge in [0.15, 0.2) is 0 Å². The number of pyridine rings is 1. The van der Waals surface area contributed by atoms with Crippen molar-refractivity contribution in [3.63, 3.8) is 0 Å². The van der Waals surface area contributed by atoms with Gasteiger partial charge in [-0.25, -0.2) is 9.37 Å². The van der Waals surface area contributed by atoms with E-state index >= 15 is 0 Å². The Balaban J connectivity index is 1.65. The first-order valence-electron chi connectivity index (χ1n) is 7.42. The zero-order chi connectivity index (χ0) is 18.0. The third-order valence-corrected chi connectivity index (χ3v) is 3.61. The highest BCUT2D eigenvalue weighted by molar-refractivity contribution is 5.94. The van der Waals surface area contributed by atoms with Gasteiger partial charge in [0, 0.05) is 25.4 Å². The zero-order valence-corrected chi connectivity index (χ0v) is 12.8. The second kappa shape index (κ2) is 6.54. The first-order valence-corrected chi connectivity index (χ1v) is 7.42. The van der Waals surface area contributed by atoms with Crippen molar-refractivity contribution < 1.29 is 22.4 Å². The Morgan fingerprint density at radius 3 is 2.60 bits per heavy atom. The smallest absolute Gasteiger partial charge is 0.352 e. The molecular weight excluding hydrogens is 338 g/mol. The summed E-state index contributed by atoms with van der Waals surface area (Å²) in [5.74, 6) is -1.17. The molecule has 0 saturated heterocycles. The standard InChI is InChI=1S/C17H13F4N3O/c18-14-4-2-1-3-13(14)16(25)22-8-7-12-10-24-9-11(17(19,20)21)5-6-15(24)23-12/h1-6,9-10H,7-8H2,(H,22,25). The van der Waals surface area contributed by atoms with E-state index in [1.165, 1.54) is 34.9 Å². The summed E-state index contributed by atoms with van der Waals surface area (Å²) in [6, 6.07) is 7.84. The molecule has 0 saturated carbocycles. The molecule has 0 fully saturated rings. The number of aromatic nitrogens is 2. The molecule has 4 nitrogen and oxygen atoms in total. The number of fused-ring (bicyclic) bond motifs is 1. The lowest BCUT2D eigenvalue weighted by atomic mass is 10.2. The van der Waals surface area contributed by atoms with Gasteiger partial charge in [-0.15, -0.1) is 0 Å². The van der Waals surface area contributed by atoms with Crippen LogP contribution in [0, 0.1) is 5.82 Å². The van der Waals surface area contributed by atoms with Gasteiger partial charge in [-0.05, 0) is 24.3 Å². The second-order valence-electron chi connectivity index (χ2n) is 5.40. The third kappa shape index (κ3) is 3.78. The van der Waals surface area contributed by atoms with Gasteiger partial charge < -0.3 is 9.72 Å². The second-order valence-corrected chi connectivity index (χ2v) is 5.40. The van der Waals surface area contributed by atoms with E-state index in [0.29, 0.717) is 17.8 Å². The van der Waals surface area contributed by atoms with Gasteiger partial charge in [-0.3, -0.25) is 4.79 Å². The summed E-state index contributed by atoms with van der Waals surface area (Å²) in [5, 5.41) is 2.56. The fourth-order valence-electron chi connectivity index (χ4n) is 2.38. The molecule has 1 N–H and O–H groups in total. The topological polar surface area (TPSA) is 46.4 Å². The summed E-state index contributed by atoms with van der Waals surface area (Å²) >= 11 is 0. The monoisotopic (exact) mass is 351 g/mol. The molecule has 0 aliphatic carbocycles. The Labute approximate surface area is 140 Å². The van der Waals surface area contributed by atoms with Gasteiger partial charge in [0.05, 0.1) is 16.8 Å². The molecule has 0 aliphatic rings.